The van der Waals surface area contributed by atoms with Crippen LogP contribution in [0, 0.1) is 5.92 Å². The number of hydrogen-bond acceptors (Lipinski definition) is 2. The van der Waals surface area contributed by atoms with Gasteiger partial charge in [0, 0.05) is 6.04 Å². The lowest BCUT2D eigenvalue weighted by atomic mass is 9.92. The number of nitrogens with one attached hydrogen (secondary N) is 1. The fourth-order valence-corrected chi connectivity index (χ4v) is 3.21. The van der Waals surface area contributed by atoms with E-state index in [4.69, 9.17) is 0 Å². The first kappa shape index (κ1) is 16.0. The number of nitrogens with zero attached hydrogens (tertiary/aromatic N) is 1. The van der Waals surface area contributed by atoms with E-state index in [0.717, 1.165) is 18.5 Å². The molecule has 1 saturated heterocycles. The fourth-order valence-electron chi connectivity index (χ4n) is 3.21. The zero-order chi connectivity index (χ0) is 13.2. The van der Waals surface area contributed by atoms with Crippen molar-refractivity contribution in [2.75, 3.05) is 26.2 Å². The summed E-state index contributed by atoms with van der Waals surface area (Å²) >= 11 is 0. The van der Waals surface area contributed by atoms with Gasteiger partial charge in [0.15, 0.2) is 0 Å². The Balaban J connectivity index is 2.06. The summed E-state index contributed by atoms with van der Waals surface area (Å²) in [4.78, 5) is 2.69. The molecule has 2 nitrogen and oxygen atoms in total. The van der Waals surface area contributed by atoms with Gasteiger partial charge in [-0.15, -0.1) is 0 Å². The van der Waals surface area contributed by atoms with Crippen molar-refractivity contribution in [3.05, 3.63) is 0 Å². The van der Waals surface area contributed by atoms with Gasteiger partial charge in [-0.25, -0.2) is 0 Å². The molecule has 0 bridgehead atoms. The topological polar surface area (TPSA) is 15.3 Å². The summed E-state index contributed by atoms with van der Waals surface area (Å²) in [6.45, 7) is 12.0. The van der Waals surface area contributed by atoms with Crippen molar-refractivity contribution < 1.29 is 0 Å². The minimum absolute atomic E-state index is 0.743. The standard InChI is InChI=1S/C16H34N2/c1-4-8-15-10-13-18(14-11-15)12-7-9-16(5-2)17-6-3/h15-17H,4-14H2,1-3H3. The molecule has 2 heteroatoms. The minimum Gasteiger partial charge on any atom is -0.314 e. The van der Waals surface area contributed by atoms with Crippen molar-refractivity contribution in [2.45, 2.75) is 71.8 Å². The Labute approximate surface area is 115 Å². The maximum absolute atomic E-state index is 3.58. The molecule has 1 fully saturated rings. The Bertz CT molecular complexity index is 186. The summed E-state index contributed by atoms with van der Waals surface area (Å²) in [7, 11) is 0. The Hall–Kier alpha value is -0.0800. The van der Waals surface area contributed by atoms with E-state index >= 15 is 0 Å². The van der Waals surface area contributed by atoms with Crippen LogP contribution in [0.15, 0.2) is 0 Å². The maximum Gasteiger partial charge on any atom is 0.00647 e. The summed E-state index contributed by atoms with van der Waals surface area (Å²) < 4.78 is 0. The predicted octanol–water partition coefficient (Wildman–Crippen LogP) is 3.67. The van der Waals surface area contributed by atoms with Crippen LogP contribution in [0.3, 0.4) is 0 Å². The highest BCUT2D eigenvalue weighted by molar-refractivity contribution is 4.73. The summed E-state index contributed by atoms with van der Waals surface area (Å²) in [5.41, 5.74) is 0. The number of likely N-dealkylation sites (tertiary alicyclic amines) is 1. The molecule has 1 aliphatic heterocycles. The van der Waals surface area contributed by atoms with Crippen molar-refractivity contribution in [1.82, 2.24) is 10.2 Å². The second kappa shape index (κ2) is 9.80. The summed E-state index contributed by atoms with van der Waals surface area (Å²) in [5, 5.41) is 3.58. The third-order valence-electron chi connectivity index (χ3n) is 4.42. The number of rotatable bonds is 9. The summed E-state index contributed by atoms with van der Waals surface area (Å²) in [6.07, 6.45) is 9.68. The summed E-state index contributed by atoms with van der Waals surface area (Å²) in [6, 6.07) is 0.743. The Morgan fingerprint density at radius 2 is 1.89 bits per heavy atom. The Kier molecular flexibility index (Phi) is 8.70. The van der Waals surface area contributed by atoms with Gasteiger partial charge in [-0.1, -0.05) is 33.6 Å². The molecule has 18 heavy (non-hydrogen) atoms. The normalized spacial score (nSPS) is 20.2. The molecule has 1 atom stereocenters. The van der Waals surface area contributed by atoms with Crippen molar-refractivity contribution in [3.8, 4) is 0 Å². The predicted molar refractivity (Wildman–Crippen MR) is 81.1 cm³/mol. The lowest BCUT2D eigenvalue weighted by molar-refractivity contribution is 0.174. The monoisotopic (exact) mass is 254 g/mol. The van der Waals surface area contributed by atoms with Crippen LogP contribution >= 0.6 is 0 Å². The first-order valence-corrected chi connectivity index (χ1v) is 8.25. The summed E-state index contributed by atoms with van der Waals surface area (Å²) in [5.74, 6) is 1.02. The van der Waals surface area contributed by atoms with E-state index in [1.54, 1.807) is 0 Å². The van der Waals surface area contributed by atoms with Crippen molar-refractivity contribution in [2.24, 2.45) is 5.92 Å². The molecule has 0 radical (unpaired) electrons. The quantitative estimate of drug-likeness (QED) is 0.675. The first-order chi connectivity index (χ1) is 8.80. The molecule has 1 rings (SSSR count). The molecule has 0 spiro atoms. The molecule has 1 unspecified atom stereocenters. The molecule has 0 saturated carbocycles. The molecule has 0 aromatic carbocycles. The van der Waals surface area contributed by atoms with Crippen LogP contribution in [-0.2, 0) is 0 Å². The van der Waals surface area contributed by atoms with E-state index in [9.17, 15) is 0 Å². The van der Waals surface area contributed by atoms with E-state index in [-0.39, 0.29) is 0 Å². The second-order valence-corrected chi connectivity index (χ2v) is 5.88. The molecule has 1 heterocycles. The van der Waals surface area contributed by atoms with Gasteiger partial charge in [-0.05, 0) is 64.2 Å². The average molecular weight is 254 g/mol. The number of piperidine rings is 1. The van der Waals surface area contributed by atoms with E-state index in [1.165, 1.54) is 64.6 Å². The molecule has 1 N–H and O–H groups in total. The van der Waals surface area contributed by atoms with Gasteiger partial charge in [-0.2, -0.15) is 0 Å². The second-order valence-electron chi connectivity index (χ2n) is 5.88. The highest BCUT2D eigenvalue weighted by atomic mass is 15.1. The van der Waals surface area contributed by atoms with Crippen LogP contribution in [-0.4, -0.2) is 37.1 Å². The van der Waals surface area contributed by atoms with E-state index in [2.05, 4.69) is 31.0 Å². The largest absolute Gasteiger partial charge is 0.314 e. The van der Waals surface area contributed by atoms with Crippen LogP contribution in [0.5, 0.6) is 0 Å². The zero-order valence-electron chi connectivity index (χ0n) is 12.9. The zero-order valence-corrected chi connectivity index (χ0v) is 12.9. The van der Waals surface area contributed by atoms with Gasteiger partial charge in [-0.3, -0.25) is 0 Å². The van der Waals surface area contributed by atoms with E-state index in [0.29, 0.717) is 0 Å². The Morgan fingerprint density at radius 1 is 1.17 bits per heavy atom. The third-order valence-corrected chi connectivity index (χ3v) is 4.42. The highest BCUT2D eigenvalue weighted by Crippen LogP contribution is 2.21. The fraction of sp³-hybridized carbons (Fsp3) is 1.00. The van der Waals surface area contributed by atoms with Crippen molar-refractivity contribution in [3.63, 3.8) is 0 Å². The van der Waals surface area contributed by atoms with Gasteiger partial charge >= 0.3 is 0 Å². The minimum atomic E-state index is 0.743. The van der Waals surface area contributed by atoms with Crippen LogP contribution in [0.1, 0.15) is 65.7 Å². The van der Waals surface area contributed by atoms with Crippen LogP contribution in [0.4, 0.5) is 0 Å². The lowest BCUT2D eigenvalue weighted by Crippen LogP contribution is -2.35. The maximum atomic E-state index is 3.58. The SMILES string of the molecule is CCCC1CCN(CCCC(CC)NCC)CC1. The van der Waals surface area contributed by atoms with Gasteiger partial charge in [0.25, 0.3) is 0 Å². The molecule has 108 valence electrons. The van der Waals surface area contributed by atoms with Gasteiger partial charge in [0.2, 0.25) is 0 Å². The molecular formula is C16H34N2. The molecule has 1 aliphatic rings. The van der Waals surface area contributed by atoms with Gasteiger partial charge in [0.05, 0.1) is 0 Å². The van der Waals surface area contributed by atoms with E-state index < -0.39 is 0 Å². The van der Waals surface area contributed by atoms with Gasteiger partial charge < -0.3 is 10.2 Å². The van der Waals surface area contributed by atoms with Gasteiger partial charge in [0.1, 0.15) is 0 Å². The van der Waals surface area contributed by atoms with E-state index in [1.807, 2.05) is 0 Å². The molecule has 0 aromatic heterocycles. The molecular weight excluding hydrogens is 220 g/mol. The van der Waals surface area contributed by atoms with Crippen molar-refractivity contribution in [1.29, 1.82) is 0 Å². The third kappa shape index (κ3) is 6.19. The van der Waals surface area contributed by atoms with Crippen LogP contribution in [0.2, 0.25) is 0 Å². The smallest absolute Gasteiger partial charge is 0.00647 e. The number of hydrogen-bond donors (Lipinski definition) is 1. The van der Waals surface area contributed by atoms with Crippen LogP contribution in [0.25, 0.3) is 0 Å². The average Bonchev–Trinajstić information content (AvgIpc) is 2.40. The van der Waals surface area contributed by atoms with Crippen LogP contribution < -0.4 is 5.32 Å². The molecule has 0 amide bonds. The first-order valence-electron chi connectivity index (χ1n) is 8.25. The Morgan fingerprint density at radius 3 is 2.44 bits per heavy atom. The molecule has 0 aliphatic carbocycles. The molecule has 0 aromatic rings. The highest BCUT2D eigenvalue weighted by Gasteiger charge is 2.18. The van der Waals surface area contributed by atoms with Crippen molar-refractivity contribution >= 4 is 0 Å². The lowest BCUT2D eigenvalue weighted by Gasteiger charge is -2.32.